The van der Waals surface area contributed by atoms with Crippen molar-refractivity contribution in [1.82, 2.24) is 9.80 Å². The molecule has 0 N–H and O–H groups in total. The Morgan fingerprint density at radius 2 is 1.61 bits per heavy atom. The van der Waals surface area contributed by atoms with E-state index in [1.165, 1.54) is 22.4 Å². The molecule has 2 amide bonds. The van der Waals surface area contributed by atoms with E-state index in [9.17, 15) is 9.59 Å². The van der Waals surface area contributed by atoms with Crippen LogP contribution in [0.4, 0.5) is 5.69 Å². The van der Waals surface area contributed by atoms with Gasteiger partial charge in [0.1, 0.15) is 0 Å². The van der Waals surface area contributed by atoms with E-state index in [-0.39, 0.29) is 29.2 Å². The Hall–Kier alpha value is -2.66. The van der Waals surface area contributed by atoms with E-state index < -0.39 is 0 Å². The lowest BCUT2D eigenvalue weighted by Gasteiger charge is -2.49. The summed E-state index contributed by atoms with van der Waals surface area (Å²) < 4.78 is 0. The molecule has 0 saturated carbocycles. The Kier molecular flexibility index (Phi) is 4.26. The number of carbonyl (C=O) groups is 2. The van der Waals surface area contributed by atoms with Crippen LogP contribution in [0.2, 0.25) is 0 Å². The molecule has 4 aliphatic rings. The van der Waals surface area contributed by atoms with Gasteiger partial charge in [-0.1, -0.05) is 42.5 Å². The highest BCUT2D eigenvalue weighted by Gasteiger charge is 2.64. The first kappa shape index (κ1) is 19.1. The van der Waals surface area contributed by atoms with Crippen LogP contribution in [0, 0.1) is 11.8 Å². The van der Waals surface area contributed by atoms with E-state index in [0.717, 1.165) is 38.0 Å². The zero-order valence-electron chi connectivity index (χ0n) is 18.0. The van der Waals surface area contributed by atoms with Gasteiger partial charge in [-0.15, -0.1) is 0 Å². The average molecular weight is 416 g/mol. The predicted octanol–water partition coefficient (Wildman–Crippen LogP) is 3.26. The molecule has 160 valence electrons. The summed E-state index contributed by atoms with van der Waals surface area (Å²) in [6.45, 7) is 2.59. The molecule has 3 heterocycles. The number of hydrogen-bond donors (Lipinski definition) is 0. The van der Waals surface area contributed by atoms with E-state index in [1.807, 2.05) is 6.07 Å². The van der Waals surface area contributed by atoms with Crippen molar-refractivity contribution < 1.29 is 9.59 Å². The molecule has 6 rings (SSSR count). The summed E-state index contributed by atoms with van der Waals surface area (Å²) in [7, 11) is 1.66. The minimum Gasteiger partial charge on any atom is -0.364 e. The summed E-state index contributed by atoms with van der Waals surface area (Å²) in [5, 5.41) is 0. The normalized spacial score (nSPS) is 29.6. The molecule has 0 radical (unpaired) electrons. The highest BCUT2D eigenvalue weighted by molar-refractivity contribution is 6.07. The first-order chi connectivity index (χ1) is 15.1. The lowest BCUT2D eigenvalue weighted by Crippen LogP contribution is -2.58. The summed E-state index contributed by atoms with van der Waals surface area (Å²) in [6, 6.07) is 19.7. The summed E-state index contributed by atoms with van der Waals surface area (Å²) in [4.78, 5) is 32.5. The molecule has 0 aromatic heterocycles. The molecule has 3 saturated heterocycles. The van der Waals surface area contributed by atoms with Crippen molar-refractivity contribution in [2.45, 2.75) is 37.3 Å². The lowest BCUT2D eigenvalue weighted by atomic mass is 9.74. The van der Waals surface area contributed by atoms with Crippen LogP contribution in [0.15, 0.2) is 54.6 Å². The third kappa shape index (κ3) is 2.65. The summed E-state index contributed by atoms with van der Waals surface area (Å²) >= 11 is 0. The first-order valence-electron chi connectivity index (χ1n) is 11.6. The summed E-state index contributed by atoms with van der Waals surface area (Å²) in [5.41, 5.74) is 3.84. The van der Waals surface area contributed by atoms with Gasteiger partial charge in [0.2, 0.25) is 11.8 Å². The third-order valence-electron chi connectivity index (χ3n) is 8.42. The zero-order valence-corrected chi connectivity index (χ0v) is 18.0. The number of rotatable bonds is 2. The fraction of sp³-hybridized carbons (Fsp3) is 0.462. The molecular weight excluding hydrogens is 386 g/mol. The van der Waals surface area contributed by atoms with Gasteiger partial charge in [-0.25, -0.2) is 0 Å². The molecule has 0 bridgehead atoms. The van der Waals surface area contributed by atoms with Gasteiger partial charge < -0.3 is 4.90 Å². The quantitative estimate of drug-likeness (QED) is 0.707. The lowest BCUT2D eigenvalue weighted by molar-refractivity contribution is -0.139. The number of fused-ring (bicyclic) bond motifs is 3. The standard InChI is InChI=1S/C26H29N3O2/c1-27-24(30)21-17-29(19-8-3-2-4-9-19)26(23(21)25(27)31)13-15-28(16-14-26)22-12-11-18-7-5-6-10-20(18)22/h2-10,21-23H,11-17H2,1H3. The first-order valence-corrected chi connectivity index (χ1v) is 11.6. The van der Waals surface area contributed by atoms with Crippen LogP contribution in [0.1, 0.15) is 36.4 Å². The van der Waals surface area contributed by atoms with E-state index in [2.05, 4.69) is 58.3 Å². The number of para-hydroxylation sites is 1. The Balaban J connectivity index is 1.32. The van der Waals surface area contributed by atoms with Gasteiger partial charge in [0.05, 0.1) is 17.4 Å². The fourth-order valence-electron chi connectivity index (χ4n) is 6.90. The molecule has 5 nitrogen and oxygen atoms in total. The topological polar surface area (TPSA) is 43.9 Å². The number of likely N-dealkylation sites (tertiary alicyclic amines) is 2. The van der Waals surface area contributed by atoms with Crippen molar-refractivity contribution in [3.63, 3.8) is 0 Å². The highest BCUT2D eigenvalue weighted by atomic mass is 16.2. The maximum absolute atomic E-state index is 13.2. The number of aryl methyl sites for hydroxylation is 1. The second kappa shape index (κ2) is 6.92. The van der Waals surface area contributed by atoms with Gasteiger partial charge in [-0.3, -0.25) is 19.4 Å². The number of anilines is 1. The van der Waals surface area contributed by atoms with Crippen LogP contribution in [-0.2, 0) is 16.0 Å². The van der Waals surface area contributed by atoms with Crippen LogP contribution >= 0.6 is 0 Å². The van der Waals surface area contributed by atoms with Gasteiger partial charge in [0, 0.05) is 38.4 Å². The maximum atomic E-state index is 13.2. The molecular formula is C26H29N3O2. The van der Waals surface area contributed by atoms with Crippen LogP contribution < -0.4 is 4.90 Å². The van der Waals surface area contributed by atoms with Gasteiger partial charge in [-0.2, -0.15) is 0 Å². The van der Waals surface area contributed by atoms with Gasteiger partial charge in [0.25, 0.3) is 0 Å². The number of piperidine rings is 1. The van der Waals surface area contributed by atoms with Crippen molar-refractivity contribution in [3.05, 3.63) is 65.7 Å². The number of amides is 2. The second-order valence-corrected chi connectivity index (χ2v) is 9.66. The van der Waals surface area contributed by atoms with Crippen molar-refractivity contribution in [1.29, 1.82) is 0 Å². The van der Waals surface area contributed by atoms with Crippen molar-refractivity contribution >= 4 is 17.5 Å². The van der Waals surface area contributed by atoms with E-state index in [0.29, 0.717) is 12.6 Å². The third-order valence-corrected chi connectivity index (χ3v) is 8.42. The number of hydrogen-bond acceptors (Lipinski definition) is 4. The van der Waals surface area contributed by atoms with Crippen molar-refractivity contribution in [3.8, 4) is 0 Å². The number of benzene rings is 2. The Morgan fingerprint density at radius 1 is 0.903 bits per heavy atom. The van der Waals surface area contributed by atoms with Crippen molar-refractivity contribution in [2.24, 2.45) is 11.8 Å². The van der Waals surface area contributed by atoms with Crippen LogP contribution in [0.3, 0.4) is 0 Å². The molecule has 2 aromatic rings. The van der Waals surface area contributed by atoms with Gasteiger partial charge >= 0.3 is 0 Å². The molecule has 3 unspecified atom stereocenters. The minimum absolute atomic E-state index is 0.0000407. The van der Waals surface area contributed by atoms with Crippen LogP contribution in [0.5, 0.6) is 0 Å². The smallest absolute Gasteiger partial charge is 0.235 e. The highest BCUT2D eigenvalue weighted by Crippen LogP contribution is 2.52. The Morgan fingerprint density at radius 3 is 2.39 bits per heavy atom. The maximum Gasteiger partial charge on any atom is 0.235 e. The number of imide groups is 1. The van der Waals surface area contributed by atoms with E-state index >= 15 is 0 Å². The fourth-order valence-corrected chi connectivity index (χ4v) is 6.90. The number of nitrogens with zero attached hydrogens (tertiary/aromatic N) is 3. The molecule has 3 fully saturated rings. The summed E-state index contributed by atoms with van der Waals surface area (Å²) in [5.74, 6) is -0.410. The molecule has 1 spiro atoms. The monoisotopic (exact) mass is 415 g/mol. The Bertz CT molecular complexity index is 1030. The van der Waals surface area contributed by atoms with Crippen LogP contribution in [0.25, 0.3) is 0 Å². The van der Waals surface area contributed by atoms with Crippen LogP contribution in [-0.4, -0.2) is 53.8 Å². The van der Waals surface area contributed by atoms with E-state index in [4.69, 9.17) is 0 Å². The molecule has 3 atom stereocenters. The predicted molar refractivity (Wildman–Crippen MR) is 120 cm³/mol. The van der Waals surface area contributed by atoms with Gasteiger partial charge in [-0.05, 0) is 48.9 Å². The molecule has 31 heavy (non-hydrogen) atoms. The average Bonchev–Trinajstić information content (AvgIpc) is 3.44. The Labute approximate surface area is 183 Å². The minimum atomic E-state index is -0.266. The molecule has 1 aliphatic carbocycles. The van der Waals surface area contributed by atoms with Gasteiger partial charge in [0.15, 0.2) is 0 Å². The zero-order chi connectivity index (χ0) is 21.2. The second-order valence-electron chi connectivity index (χ2n) is 9.66. The molecule has 2 aromatic carbocycles. The number of carbonyl (C=O) groups excluding carboxylic acids is 2. The largest absolute Gasteiger partial charge is 0.364 e. The SMILES string of the molecule is CN1C(=O)C2CN(c3ccccc3)C3(CCN(C4CCc5ccccc54)CC3)C2C1=O. The van der Waals surface area contributed by atoms with E-state index in [1.54, 1.807) is 7.05 Å². The molecule has 5 heteroatoms. The van der Waals surface area contributed by atoms with Crippen molar-refractivity contribution in [2.75, 3.05) is 31.6 Å². The summed E-state index contributed by atoms with van der Waals surface area (Å²) in [6.07, 6.45) is 4.19. The molecule has 3 aliphatic heterocycles.